The second kappa shape index (κ2) is 3.86. The molecule has 2 nitrogen and oxygen atoms in total. The third-order valence-electron chi connectivity index (χ3n) is 3.41. The average Bonchev–Trinajstić information content (AvgIpc) is 2.56. The highest BCUT2D eigenvalue weighted by Crippen LogP contribution is 2.44. The fourth-order valence-corrected chi connectivity index (χ4v) is 2.50. The van der Waals surface area contributed by atoms with Crippen LogP contribution in [0.1, 0.15) is 43.4 Å². The van der Waals surface area contributed by atoms with Gasteiger partial charge in [0.05, 0.1) is 7.11 Å². The number of methoxy groups -OCH3 is 1. The predicted octanol–water partition coefficient (Wildman–Crippen LogP) is 2.84. The van der Waals surface area contributed by atoms with Crippen LogP contribution in [0.4, 0.5) is 0 Å². The third-order valence-corrected chi connectivity index (χ3v) is 3.41. The van der Waals surface area contributed by atoms with Gasteiger partial charge in [0.15, 0.2) is 0 Å². The zero-order valence-corrected chi connectivity index (χ0v) is 9.66. The Morgan fingerprint density at radius 3 is 2.67 bits per heavy atom. The second-order valence-electron chi connectivity index (χ2n) is 4.69. The molecule has 0 fully saturated rings. The van der Waals surface area contributed by atoms with Gasteiger partial charge in [0, 0.05) is 6.04 Å². The van der Waals surface area contributed by atoms with Gasteiger partial charge in [0.25, 0.3) is 0 Å². The third kappa shape index (κ3) is 1.74. The SMILES string of the molecule is COc1ccc2c(c1)C(N)CC2C(C)C. The Kier molecular flexibility index (Phi) is 2.70. The summed E-state index contributed by atoms with van der Waals surface area (Å²) < 4.78 is 5.23. The van der Waals surface area contributed by atoms with Gasteiger partial charge in [0.1, 0.15) is 5.75 Å². The lowest BCUT2D eigenvalue weighted by Crippen LogP contribution is -2.07. The quantitative estimate of drug-likeness (QED) is 0.805. The van der Waals surface area contributed by atoms with Gasteiger partial charge in [0.2, 0.25) is 0 Å². The van der Waals surface area contributed by atoms with Crippen molar-refractivity contribution in [3.8, 4) is 5.75 Å². The van der Waals surface area contributed by atoms with E-state index >= 15 is 0 Å². The Morgan fingerprint density at radius 1 is 1.33 bits per heavy atom. The van der Waals surface area contributed by atoms with E-state index in [4.69, 9.17) is 10.5 Å². The van der Waals surface area contributed by atoms with Crippen molar-refractivity contribution in [1.29, 1.82) is 0 Å². The van der Waals surface area contributed by atoms with E-state index in [9.17, 15) is 0 Å². The molecule has 15 heavy (non-hydrogen) atoms. The molecular formula is C13H19NO. The maximum atomic E-state index is 6.14. The Labute approximate surface area is 91.4 Å². The monoisotopic (exact) mass is 205 g/mol. The highest BCUT2D eigenvalue weighted by atomic mass is 16.5. The minimum absolute atomic E-state index is 0.183. The van der Waals surface area contributed by atoms with Gasteiger partial charge < -0.3 is 10.5 Å². The van der Waals surface area contributed by atoms with E-state index in [0.29, 0.717) is 11.8 Å². The van der Waals surface area contributed by atoms with Crippen LogP contribution in [-0.2, 0) is 0 Å². The lowest BCUT2D eigenvalue weighted by molar-refractivity contribution is 0.414. The molecule has 2 rings (SSSR count). The van der Waals surface area contributed by atoms with E-state index in [-0.39, 0.29) is 6.04 Å². The molecule has 0 saturated carbocycles. The first-order valence-corrected chi connectivity index (χ1v) is 5.57. The summed E-state index contributed by atoms with van der Waals surface area (Å²) in [5.74, 6) is 2.18. The molecule has 0 aromatic heterocycles. The zero-order chi connectivity index (χ0) is 11.0. The van der Waals surface area contributed by atoms with Crippen LogP contribution in [0, 0.1) is 5.92 Å². The molecule has 1 aromatic carbocycles. The Bertz CT molecular complexity index is 360. The van der Waals surface area contributed by atoms with E-state index in [0.717, 1.165) is 12.2 Å². The van der Waals surface area contributed by atoms with Crippen LogP contribution in [0.3, 0.4) is 0 Å². The number of fused-ring (bicyclic) bond motifs is 1. The maximum absolute atomic E-state index is 6.14. The molecule has 0 heterocycles. The maximum Gasteiger partial charge on any atom is 0.119 e. The molecule has 0 radical (unpaired) electrons. The first-order valence-electron chi connectivity index (χ1n) is 5.57. The van der Waals surface area contributed by atoms with Crippen molar-refractivity contribution in [2.75, 3.05) is 7.11 Å². The van der Waals surface area contributed by atoms with Gasteiger partial charge in [-0.3, -0.25) is 0 Å². The molecule has 2 unspecified atom stereocenters. The molecule has 1 aliphatic rings. The van der Waals surface area contributed by atoms with Crippen LogP contribution in [0.5, 0.6) is 5.75 Å². The first-order chi connectivity index (χ1) is 7.13. The molecule has 0 aliphatic heterocycles. The van der Waals surface area contributed by atoms with Crippen molar-refractivity contribution in [3.63, 3.8) is 0 Å². The van der Waals surface area contributed by atoms with E-state index < -0.39 is 0 Å². The highest BCUT2D eigenvalue weighted by Gasteiger charge is 2.30. The molecule has 0 spiro atoms. The van der Waals surface area contributed by atoms with Crippen molar-refractivity contribution >= 4 is 0 Å². The van der Waals surface area contributed by atoms with Crippen molar-refractivity contribution in [2.45, 2.75) is 32.2 Å². The van der Waals surface area contributed by atoms with Crippen LogP contribution in [0.15, 0.2) is 18.2 Å². The van der Waals surface area contributed by atoms with Gasteiger partial charge in [-0.2, -0.15) is 0 Å². The fraction of sp³-hybridized carbons (Fsp3) is 0.538. The summed E-state index contributed by atoms with van der Waals surface area (Å²) in [5.41, 5.74) is 8.83. The number of hydrogen-bond acceptors (Lipinski definition) is 2. The molecule has 0 amide bonds. The zero-order valence-electron chi connectivity index (χ0n) is 9.66. The summed E-state index contributed by atoms with van der Waals surface area (Å²) in [6, 6.07) is 6.47. The molecule has 1 aromatic rings. The molecule has 2 heteroatoms. The van der Waals surface area contributed by atoms with E-state index in [1.807, 2.05) is 6.07 Å². The molecule has 0 saturated heterocycles. The lowest BCUT2D eigenvalue weighted by Gasteiger charge is -2.15. The van der Waals surface area contributed by atoms with Crippen LogP contribution >= 0.6 is 0 Å². The average molecular weight is 205 g/mol. The van der Waals surface area contributed by atoms with Crippen LogP contribution in [0.2, 0.25) is 0 Å². The van der Waals surface area contributed by atoms with Crippen LogP contribution in [-0.4, -0.2) is 7.11 Å². The summed E-state index contributed by atoms with van der Waals surface area (Å²) in [6.45, 7) is 4.52. The molecule has 1 aliphatic carbocycles. The Balaban J connectivity index is 2.41. The van der Waals surface area contributed by atoms with Gasteiger partial charge >= 0.3 is 0 Å². The summed E-state index contributed by atoms with van der Waals surface area (Å²) in [6.07, 6.45) is 1.07. The van der Waals surface area contributed by atoms with Gasteiger partial charge in [-0.15, -0.1) is 0 Å². The molecule has 2 atom stereocenters. The normalized spacial score (nSPS) is 24.3. The smallest absolute Gasteiger partial charge is 0.119 e. The number of rotatable bonds is 2. The second-order valence-corrected chi connectivity index (χ2v) is 4.69. The Hall–Kier alpha value is -1.02. The predicted molar refractivity (Wildman–Crippen MR) is 62.1 cm³/mol. The minimum Gasteiger partial charge on any atom is -0.497 e. The summed E-state index contributed by atoms with van der Waals surface area (Å²) in [7, 11) is 1.70. The van der Waals surface area contributed by atoms with Crippen molar-refractivity contribution < 1.29 is 4.74 Å². The van der Waals surface area contributed by atoms with Crippen LogP contribution in [0.25, 0.3) is 0 Å². The molecule has 2 N–H and O–H groups in total. The fourth-order valence-electron chi connectivity index (χ4n) is 2.50. The topological polar surface area (TPSA) is 35.2 Å². The minimum atomic E-state index is 0.183. The summed E-state index contributed by atoms with van der Waals surface area (Å²) in [5, 5.41) is 0. The van der Waals surface area contributed by atoms with Crippen LogP contribution < -0.4 is 10.5 Å². The van der Waals surface area contributed by atoms with Gasteiger partial charge in [-0.1, -0.05) is 19.9 Å². The van der Waals surface area contributed by atoms with Crippen molar-refractivity contribution in [2.24, 2.45) is 11.7 Å². The number of hydrogen-bond donors (Lipinski definition) is 1. The number of benzene rings is 1. The van der Waals surface area contributed by atoms with Crippen molar-refractivity contribution in [1.82, 2.24) is 0 Å². The van der Waals surface area contributed by atoms with E-state index in [1.54, 1.807) is 7.11 Å². The number of ether oxygens (including phenoxy) is 1. The standard InChI is InChI=1S/C13H19NO/c1-8(2)11-7-13(14)12-6-9(15-3)4-5-10(11)12/h4-6,8,11,13H,7,14H2,1-3H3. The van der Waals surface area contributed by atoms with Gasteiger partial charge in [-0.25, -0.2) is 0 Å². The lowest BCUT2D eigenvalue weighted by atomic mass is 9.90. The van der Waals surface area contributed by atoms with Gasteiger partial charge in [-0.05, 0) is 41.5 Å². The first kappa shape index (κ1) is 10.5. The highest BCUT2D eigenvalue weighted by molar-refractivity contribution is 5.43. The van der Waals surface area contributed by atoms with E-state index in [2.05, 4.69) is 26.0 Å². The molecular weight excluding hydrogens is 186 g/mol. The molecule has 0 bridgehead atoms. The van der Waals surface area contributed by atoms with E-state index in [1.165, 1.54) is 11.1 Å². The number of nitrogens with two attached hydrogens (primary N) is 1. The largest absolute Gasteiger partial charge is 0.497 e. The van der Waals surface area contributed by atoms with Crippen molar-refractivity contribution in [3.05, 3.63) is 29.3 Å². The summed E-state index contributed by atoms with van der Waals surface area (Å²) in [4.78, 5) is 0. The Morgan fingerprint density at radius 2 is 2.07 bits per heavy atom. The molecule has 82 valence electrons. The summed E-state index contributed by atoms with van der Waals surface area (Å²) >= 11 is 0.